The standard InChI is InChI=1S/C16H23FN2O2.ClH/c17-13-6-2-4-8-15(13)21-10-9-16(20)19-14-7-3-1-5-12(14)11-18;/h2,4,6,8,12,14H,1,3,5,7,9-11,18H2,(H,19,20);1H. The van der Waals surface area contributed by atoms with Crippen molar-refractivity contribution in [1.29, 1.82) is 0 Å². The monoisotopic (exact) mass is 330 g/mol. The van der Waals surface area contributed by atoms with E-state index >= 15 is 0 Å². The highest BCUT2D eigenvalue weighted by molar-refractivity contribution is 5.85. The number of hydrogen-bond donors (Lipinski definition) is 2. The van der Waals surface area contributed by atoms with Crippen molar-refractivity contribution in [3.05, 3.63) is 30.1 Å². The van der Waals surface area contributed by atoms with Crippen molar-refractivity contribution in [2.45, 2.75) is 38.1 Å². The van der Waals surface area contributed by atoms with Crippen molar-refractivity contribution in [2.75, 3.05) is 13.2 Å². The largest absolute Gasteiger partial charge is 0.490 e. The SMILES string of the molecule is Cl.NCC1CCCCC1NC(=O)CCOc1ccccc1F. The summed E-state index contributed by atoms with van der Waals surface area (Å²) in [5.74, 6) is 0.0862. The molecule has 0 bridgehead atoms. The molecule has 1 aromatic rings. The summed E-state index contributed by atoms with van der Waals surface area (Å²) in [6.45, 7) is 0.781. The van der Waals surface area contributed by atoms with Crippen molar-refractivity contribution in [3.63, 3.8) is 0 Å². The molecule has 1 aliphatic rings. The molecule has 2 rings (SSSR count). The smallest absolute Gasteiger partial charge is 0.223 e. The summed E-state index contributed by atoms with van der Waals surface area (Å²) in [6, 6.07) is 6.36. The topological polar surface area (TPSA) is 64.3 Å². The van der Waals surface area contributed by atoms with E-state index in [1.165, 1.54) is 12.5 Å². The van der Waals surface area contributed by atoms with E-state index < -0.39 is 5.82 Å². The molecule has 1 fully saturated rings. The third kappa shape index (κ3) is 5.46. The number of hydrogen-bond acceptors (Lipinski definition) is 3. The van der Waals surface area contributed by atoms with Crippen LogP contribution in [0.2, 0.25) is 0 Å². The van der Waals surface area contributed by atoms with E-state index in [1.807, 2.05) is 0 Å². The summed E-state index contributed by atoms with van der Waals surface area (Å²) < 4.78 is 18.6. The predicted octanol–water partition coefficient (Wildman–Crippen LogP) is 2.65. The first-order valence-corrected chi connectivity index (χ1v) is 7.57. The Morgan fingerprint density at radius 3 is 2.77 bits per heavy atom. The predicted molar refractivity (Wildman–Crippen MR) is 86.7 cm³/mol. The average Bonchev–Trinajstić information content (AvgIpc) is 2.50. The fourth-order valence-electron chi connectivity index (χ4n) is 2.77. The summed E-state index contributed by atoms with van der Waals surface area (Å²) >= 11 is 0. The highest BCUT2D eigenvalue weighted by Gasteiger charge is 2.25. The normalized spacial score (nSPS) is 20.8. The Kier molecular flexibility index (Phi) is 8.20. The van der Waals surface area contributed by atoms with E-state index in [4.69, 9.17) is 10.5 Å². The zero-order chi connectivity index (χ0) is 15.1. The van der Waals surface area contributed by atoms with E-state index in [0.29, 0.717) is 12.5 Å². The van der Waals surface area contributed by atoms with Crippen LogP contribution in [-0.2, 0) is 4.79 Å². The maximum Gasteiger partial charge on any atom is 0.223 e. The van der Waals surface area contributed by atoms with Crippen molar-refractivity contribution in [2.24, 2.45) is 11.7 Å². The minimum absolute atomic E-state index is 0. The Labute approximate surface area is 137 Å². The number of amides is 1. The van der Waals surface area contributed by atoms with Gasteiger partial charge in [0.05, 0.1) is 13.0 Å². The van der Waals surface area contributed by atoms with Crippen LogP contribution in [0, 0.1) is 11.7 Å². The molecule has 6 heteroatoms. The van der Waals surface area contributed by atoms with Gasteiger partial charge in [-0.05, 0) is 37.4 Å². The third-order valence-electron chi connectivity index (χ3n) is 3.98. The Morgan fingerprint density at radius 1 is 1.32 bits per heavy atom. The first kappa shape index (κ1) is 18.7. The summed E-state index contributed by atoms with van der Waals surface area (Å²) in [5, 5.41) is 3.03. The molecule has 0 saturated heterocycles. The summed E-state index contributed by atoms with van der Waals surface area (Å²) in [7, 11) is 0. The van der Waals surface area contributed by atoms with E-state index in [0.717, 1.165) is 19.3 Å². The van der Waals surface area contributed by atoms with Gasteiger partial charge >= 0.3 is 0 Å². The van der Waals surface area contributed by atoms with E-state index in [9.17, 15) is 9.18 Å². The summed E-state index contributed by atoms with van der Waals surface area (Å²) in [4.78, 5) is 11.9. The van der Waals surface area contributed by atoms with Gasteiger partial charge in [0.1, 0.15) is 0 Å². The van der Waals surface area contributed by atoms with Crippen LogP contribution >= 0.6 is 12.4 Å². The number of nitrogens with two attached hydrogens (primary N) is 1. The Morgan fingerprint density at radius 2 is 2.05 bits per heavy atom. The van der Waals surface area contributed by atoms with Crippen molar-refractivity contribution >= 4 is 18.3 Å². The highest BCUT2D eigenvalue weighted by Crippen LogP contribution is 2.23. The van der Waals surface area contributed by atoms with Gasteiger partial charge in [-0.1, -0.05) is 25.0 Å². The maximum absolute atomic E-state index is 13.3. The van der Waals surface area contributed by atoms with Crippen LogP contribution < -0.4 is 15.8 Å². The lowest BCUT2D eigenvalue weighted by molar-refractivity contribution is -0.122. The van der Waals surface area contributed by atoms with Crippen LogP contribution in [0.1, 0.15) is 32.1 Å². The number of rotatable bonds is 6. The first-order valence-electron chi connectivity index (χ1n) is 7.57. The molecule has 2 unspecified atom stereocenters. The van der Waals surface area contributed by atoms with Gasteiger partial charge in [-0.15, -0.1) is 12.4 Å². The second-order valence-corrected chi connectivity index (χ2v) is 5.48. The second kappa shape index (κ2) is 9.64. The summed E-state index contributed by atoms with van der Waals surface area (Å²) in [5.41, 5.74) is 5.74. The van der Waals surface area contributed by atoms with Crippen molar-refractivity contribution < 1.29 is 13.9 Å². The molecule has 0 heterocycles. The summed E-state index contributed by atoms with van der Waals surface area (Å²) in [6.07, 6.45) is 4.61. The molecule has 1 saturated carbocycles. The van der Waals surface area contributed by atoms with Crippen LogP contribution in [-0.4, -0.2) is 25.1 Å². The Balaban J connectivity index is 0.00000242. The fraction of sp³-hybridized carbons (Fsp3) is 0.562. The molecule has 22 heavy (non-hydrogen) atoms. The molecule has 3 N–H and O–H groups in total. The Hall–Kier alpha value is -1.33. The number of nitrogens with one attached hydrogen (secondary N) is 1. The lowest BCUT2D eigenvalue weighted by Crippen LogP contribution is -2.45. The van der Waals surface area contributed by atoms with Crippen molar-refractivity contribution in [3.8, 4) is 5.75 Å². The highest BCUT2D eigenvalue weighted by atomic mass is 35.5. The second-order valence-electron chi connectivity index (χ2n) is 5.48. The molecule has 4 nitrogen and oxygen atoms in total. The van der Waals surface area contributed by atoms with Gasteiger partial charge < -0.3 is 15.8 Å². The molecule has 2 atom stereocenters. The van der Waals surface area contributed by atoms with Gasteiger partial charge in [-0.2, -0.15) is 0 Å². The molecule has 1 aromatic carbocycles. The van der Waals surface area contributed by atoms with E-state index in [2.05, 4.69) is 5.32 Å². The third-order valence-corrected chi connectivity index (χ3v) is 3.98. The quantitative estimate of drug-likeness (QED) is 0.842. The molecular formula is C16H24ClFN2O2. The zero-order valence-electron chi connectivity index (χ0n) is 12.6. The molecule has 124 valence electrons. The minimum Gasteiger partial charge on any atom is -0.490 e. The van der Waals surface area contributed by atoms with Crippen LogP contribution in [0.5, 0.6) is 5.75 Å². The van der Waals surface area contributed by atoms with Gasteiger partial charge in [0.15, 0.2) is 11.6 Å². The lowest BCUT2D eigenvalue weighted by Gasteiger charge is -2.31. The average molecular weight is 331 g/mol. The number of ether oxygens (including phenoxy) is 1. The Bertz CT molecular complexity index is 473. The number of para-hydroxylation sites is 1. The molecule has 0 aromatic heterocycles. The van der Waals surface area contributed by atoms with Crippen molar-refractivity contribution in [1.82, 2.24) is 5.32 Å². The minimum atomic E-state index is -0.409. The molecular weight excluding hydrogens is 307 g/mol. The molecule has 0 aliphatic heterocycles. The van der Waals surface area contributed by atoms with Gasteiger partial charge in [0.2, 0.25) is 5.91 Å². The zero-order valence-corrected chi connectivity index (χ0v) is 13.4. The van der Waals surface area contributed by atoms with Crippen LogP contribution in [0.3, 0.4) is 0 Å². The number of benzene rings is 1. The number of carbonyl (C=O) groups excluding carboxylic acids is 1. The van der Waals surface area contributed by atoms with Gasteiger partial charge in [0.25, 0.3) is 0 Å². The van der Waals surface area contributed by atoms with Crippen LogP contribution in [0.15, 0.2) is 24.3 Å². The van der Waals surface area contributed by atoms with Gasteiger partial charge in [0, 0.05) is 6.04 Å². The lowest BCUT2D eigenvalue weighted by atomic mass is 9.84. The number of halogens is 2. The first-order chi connectivity index (χ1) is 10.2. The fourth-order valence-corrected chi connectivity index (χ4v) is 2.77. The molecule has 0 radical (unpaired) electrons. The molecule has 0 spiro atoms. The van der Waals surface area contributed by atoms with E-state index in [1.54, 1.807) is 18.2 Å². The molecule has 1 amide bonds. The van der Waals surface area contributed by atoms with Gasteiger partial charge in [-0.3, -0.25) is 4.79 Å². The van der Waals surface area contributed by atoms with Crippen LogP contribution in [0.4, 0.5) is 4.39 Å². The van der Waals surface area contributed by atoms with E-state index in [-0.39, 0.29) is 43.1 Å². The number of carbonyl (C=O) groups is 1. The van der Waals surface area contributed by atoms with Crippen LogP contribution in [0.25, 0.3) is 0 Å². The van der Waals surface area contributed by atoms with Gasteiger partial charge in [-0.25, -0.2) is 4.39 Å². The molecule has 1 aliphatic carbocycles. The maximum atomic E-state index is 13.3.